The lowest BCUT2D eigenvalue weighted by molar-refractivity contribution is 0.122. The van der Waals surface area contributed by atoms with Gasteiger partial charge < -0.3 is 19.7 Å². The monoisotopic (exact) mass is 411 g/mol. The number of hydrogen-bond acceptors (Lipinski definition) is 8. The third kappa shape index (κ3) is 5.06. The molecule has 1 aliphatic rings. The normalized spacial score (nSPS) is 14.7. The molecule has 0 radical (unpaired) electrons. The zero-order valence-electron chi connectivity index (χ0n) is 15.4. The van der Waals surface area contributed by atoms with Gasteiger partial charge in [-0.25, -0.2) is 17.5 Å². The number of halogens is 1. The number of rotatable bonds is 8. The summed E-state index contributed by atoms with van der Waals surface area (Å²) in [5.74, 6) is -0.211. The molecule has 0 amide bonds. The predicted molar refractivity (Wildman–Crippen MR) is 102 cm³/mol. The first-order valence-corrected chi connectivity index (χ1v) is 10.2. The largest absolute Gasteiger partial charge is 0.494 e. The van der Waals surface area contributed by atoms with Crippen LogP contribution in [0.3, 0.4) is 0 Å². The van der Waals surface area contributed by atoms with Crippen molar-refractivity contribution >= 4 is 21.5 Å². The van der Waals surface area contributed by atoms with E-state index in [4.69, 9.17) is 9.47 Å². The molecule has 0 aliphatic carbocycles. The number of hydrogen-bond donors (Lipinski definition) is 2. The molecular weight excluding hydrogens is 389 g/mol. The van der Waals surface area contributed by atoms with Gasteiger partial charge >= 0.3 is 0 Å². The van der Waals surface area contributed by atoms with Gasteiger partial charge in [0.05, 0.1) is 37.1 Å². The van der Waals surface area contributed by atoms with Gasteiger partial charge in [0.2, 0.25) is 10.0 Å². The summed E-state index contributed by atoms with van der Waals surface area (Å²) < 4.78 is 50.8. The lowest BCUT2D eigenvalue weighted by Crippen LogP contribution is -2.36. The van der Waals surface area contributed by atoms with E-state index >= 15 is 0 Å². The summed E-state index contributed by atoms with van der Waals surface area (Å²) in [6.07, 6.45) is 1.68. The number of nitrogens with zero attached hydrogens (tertiary/aromatic N) is 3. The number of nitrogens with one attached hydrogen (secondary N) is 2. The maximum absolute atomic E-state index is 13.7. The van der Waals surface area contributed by atoms with Crippen molar-refractivity contribution in [1.82, 2.24) is 14.9 Å². The Labute approximate surface area is 162 Å². The Bertz CT molecular complexity index is 906. The summed E-state index contributed by atoms with van der Waals surface area (Å²) >= 11 is 0. The minimum absolute atomic E-state index is 0.0145. The first-order chi connectivity index (χ1) is 13.5. The maximum Gasteiger partial charge on any atom is 0.240 e. The van der Waals surface area contributed by atoms with Crippen LogP contribution in [0.2, 0.25) is 0 Å². The maximum atomic E-state index is 13.7. The van der Waals surface area contributed by atoms with Crippen molar-refractivity contribution in [3.05, 3.63) is 36.3 Å². The van der Waals surface area contributed by atoms with E-state index in [0.717, 1.165) is 24.8 Å². The Kier molecular flexibility index (Phi) is 6.60. The van der Waals surface area contributed by atoms with Crippen LogP contribution in [0.1, 0.15) is 0 Å². The van der Waals surface area contributed by atoms with Gasteiger partial charge in [-0.1, -0.05) is 0 Å². The second-order valence-electron chi connectivity index (χ2n) is 6.02. The van der Waals surface area contributed by atoms with Crippen molar-refractivity contribution in [2.24, 2.45) is 0 Å². The van der Waals surface area contributed by atoms with Crippen LogP contribution in [-0.4, -0.2) is 65.1 Å². The summed E-state index contributed by atoms with van der Waals surface area (Å²) in [4.78, 5) is 1.98. The Hall–Kier alpha value is -2.50. The fraction of sp³-hybridized carbons (Fsp3) is 0.412. The van der Waals surface area contributed by atoms with E-state index < -0.39 is 15.8 Å². The summed E-state index contributed by atoms with van der Waals surface area (Å²) in [6, 6.07) is 5.33. The molecule has 9 nitrogen and oxygen atoms in total. The molecule has 1 aromatic heterocycles. The van der Waals surface area contributed by atoms with Crippen LogP contribution < -0.4 is 19.7 Å². The number of sulfonamides is 1. The molecule has 0 unspecified atom stereocenters. The molecule has 0 bridgehead atoms. The molecule has 2 heterocycles. The zero-order chi connectivity index (χ0) is 20.0. The highest BCUT2D eigenvalue weighted by Gasteiger charge is 2.16. The molecule has 0 saturated carbocycles. The predicted octanol–water partition coefficient (Wildman–Crippen LogP) is 0.851. The summed E-state index contributed by atoms with van der Waals surface area (Å²) in [7, 11) is -2.52. The summed E-state index contributed by atoms with van der Waals surface area (Å²) in [6.45, 7) is 3.28. The first-order valence-electron chi connectivity index (χ1n) is 8.72. The van der Waals surface area contributed by atoms with Gasteiger partial charge in [0, 0.05) is 32.2 Å². The van der Waals surface area contributed by atoms with Gasteiger partial charge in [-0.15, -0.1) is 5.10 Å². The molecule has 0 spiro atoms. The highest BCUT2D eigenvalue weighted by molar-refractivity contribution is 7.89. The molecule has 11 heteroatoms. The Morgan fingerprint density at radius 1 is 1.25 bits per heavy atom. The van der Waals surface area contributed by atoms with Crippen LogP contribution in [0.25, 0.3) is 0 Å². The lowest BCUT2D eigenvalue weighted by atomic mass is 10.3. The molecule has 1 aromatic carbocycles. The molecule has 3 rings (SSSR count). The summed E-state index contributed by atoms with van der Waals surface area (Å²) in [5.41, 5.74) is 0.926. The van der Waals surface area contributed by atoms with E-state index in [-0.39, 0.29) is 17.2 Å². The molecule has 2 aromatic rings. The molecular formula is C17H22FN5O4S. The van der Waals surface area contributed by atoms with Crippen LogP contribution in [0, 0.1) is 5.82 Å². The Morgan fingerprint density at radius 3 is 2.75 bits per heavy atom. The van der Waals surface area contributed by atoms with Crippen molar-refractivity contribution in [2.75, 3.05) is 56.7 Å². The van der Waals surface area contributed by atoms with E-state index in [1.54, 1.807) is 6.20 Å². The molecule has 28 heavy (non-hydrogen) atoms. The molecule has 0 atom stereocenters. The topological polar surface area (TPSA) is 106 Å². The smallest absolute Gasteiger partial charge is 0.240 e. The van der Waals surface area contributed by atoms with E-state index in [1.165, 1.54) is 19.2 Å². The number of methoxy groups -OCH3 is 1. The van der Waals surface area contributed by atoms with E-state index in [0.29, 0.717) is 25.6 Å². The van der Waals surface area contributed by atoms with E-state index in [1.807, 2.05) is 6.07 Å². The standard InChI is InChI=1S/C17H22FN5O4S/c1-26-16-3-2-14(11-15(16)18)28(24,25)21-5-4-19-17-10-13(12-20-22-17)23-6-8-27-9-7-23/h2-3,10-12,21H,4-9H2,1H3,(H,19,22). The molecule has 1 aliphatic heterocycles. The van der Waals surface area contributed by atoms with Gasteiger partial charge in [-0.3, -0.25) is 0 Å². The van der Waals surface area contributed by atoms with Gasteiger partial charge in [-0.05, 0) is 18.2 Å². The fourth-order valence-electron chi connectivity index (χ4n) is 2.71. The quantitative estimate of drug-likeness (QED) is 0.616. The van der Waals surface area contributed by atoms with Crippen LogP contribution in [0.5, 0.6) is 5.75 Å². The molecule has 152 valence electrons. The second kappa shape index (κ2) is 9.13. The Morgan fingerprint density at radius 2 is 2.04 bits per heavy atom. The molecule has 2 N–H and O–H groups in total. The highest BCUT2D eigenvalue weighted by Crippen LogP contribution is 2.20. The number of aromatic nitrogens is 2. The fourth-order valence-corrected chi connectivity index (χ4v) is 3.75. The van der Waals surface area contributed by atoms with Gasteiger partial charge in [0.1, 0.15) is 0 Å². The minimum Gasteiger partial charge on any atom is -0.494 e. The zero-order valence-corrected chi connectivity index (χ0v) is 16.2. The van der Waals surface area contributed by atoms with E-state index in [2.05, 4.69) is 25.1 Å². The molecule has 1 fully saturated rings. The van der Waals surface area contributed by atoms with Crippen molar-refractivity contribution in [3.63, 3.8) is 0 Å². The third-order valence-corrected chi connectivity index (χ3v) is 5.63. The number of morpholine rings is 1. The number of benzene rings is 1. The van der Waals surface area contributed by atoms with Crippen molar-refractivity contribution in [2.45, 2.75) is 4.90 Å². The average molecular weight is 411 g/mol. The minimum atomic E-state index is -3.83. The molecule has 1 saturated heterocycles. The second-order valence-corrected chi connectivity index (χ2v) is 7.79. The van der Waals surface area contributed by atoms with Crippen molar-refractivity contribution in [3.8, 4) is 5.75 Å². The summed E-state index contributed by atoms with van der Waals surface area (Å²) in [5, 5.41) is 11.0. The third-order valence-electron chi connectivity index (χ3n) is 4.17. The van der Waals surface area contributed by atoms with Crippen molar-refractivity contribution in [1.29, 1.82) is 0 Å². The van der Waals surface area contributed by atoms with Gasteiger partial charge in [0.15, 0.2) is 17.4 Å². The Balaban J connectivity index is 1.53. The van der Waals surface area contributed by atoms with Crippen molar-refractivity contribution < 1.29 is 22.3 Å². The number of anilines is 2. The van der Waals surface area contributed by atoms with Crippen LogP contribution in [0.15, 0.2) is 35.4 Å². The van der Waals surface area contributed by atoms with Crippen LogP contribution in [-0.2, 0) is 14.8 Å². The SMILES string of the molecule is COc1ccc(S(=O)(=O)NCCNc2cc(N3CCOCC3)cnn2)cc1F. The lowest BCUT2D eigenvalue weighted by Gasteiger charge is -2.28. The highest BCUT2D eigenvalue weighted by atomic mass is 32.2. The van der Waals surface area contributed by atoms with Gasteiger partial charge in [0.25, 0.3) is 0 Å². The van der Waals surface area contributed by atoms with Crippen LogP contribution >= 0.6 is 0 Å². The van der Waals surface area contributed by atoms with Crippen LogP contribution in [0.4, 0.5) is 15.9 Å². The van der Waals surface area contributed by atoms with E-state index in [9.17, 15) is 12.8 Å². The number of ether oxygens (including phenoxy) is 2. The first kappa shape index (κ1) is 20.2. The average Bonchev–Trinajstić information content (AvgIpc) is 2.72. The van der Waals surface area contributed by atoms with Gasteiger partial charge in [-0.2, -0.15) is 5.10 Å².